The van der Waals surface area contributed by atoms with Gasteiger partial charge in [-0.1, -0.05) is 60.7 Å². The molecular weight excluding hydrogens is 376 g/mol. The van der Waals surface area contributed by atoms with Gasteiger partial charge in [0.15, 0.2) is 0 Å². The highest BCUT2D eigenvalue weighted by molar-refractivity contribution is 7.85. The fourth-order valence-corrected chi connectivity index (χ4v) is 4.09. The third-order valence-corrected chi connectivity index (χ3v) is 5.85. The minimum absolute atomic E-state index is 0.140. The molecule has 2 aromatic rings. The molecule has 6 nitrogen and oxygen atoms in total. The second-order valence-electron chi connectivity index (χ2n) is 6.62. The van der Waals surface area contributed by atoms with Crippen molar-refractivity contribution < 1.29 is 18.5 Å². The third-order valence-electron chi connectivity index (χ3n) is 4.58. The van der Waals surface area contributed by atoms with E-state index >= 15 is 0 Å². The summed E-state index contributed by atoms with van der Waals surface area (Å²) >= 11 is 0. The molecule has 2 aromatic carbocycles. The van der Waals surface area contributed by atoms with Gasteiger partial charge in [0.1, 0.15) is 12.6 Å². The molecule has 0 spiro atoms. The van der Waals surface area contributed by atoms with E-state index in [0.717, 1.165) is 11.1 Å². The monoisotopic (exact) mass is 400 g/mol. The van der Waals surface area contributed by atoms with E-state index < -0.39 is 22.9 Å². The minimum Gasteiger partial charge on any atom is -0.445 e. The summed E-state index contributed by atoms with van der Waals surface area (Å²) in [6, 6.07) is 18.2. The normalized spacial score (nSPS) is 15.6. The smallest absolute Gasteiger partial charge is 0.408 e. The first-order chi connectivity index (χ1) is 13.6. The maximum absolute atomic E-state index is 13.0. The van der Waals surface area contributed by atoms with E-state index in [2.05, 4.69) is 5.32 Å². The first-order valence-electron chi connectivity index (χ1n) is 9.27. The van der Waals surface area contributed by atoms with Gasteiger partial charge in [-0.05, 0) is 11.1 Å². The van der Waals surface area contributed by atoms with E-state index in [-0.39, 0.29) is 12.5 Å². The van der Waals surface area contributed by atoms with Crippen molar-refractivity contribution in [2.75, 3.05) is 24.6 Å². The molecule has 0 radical (unpaired) electrons. The van der Waals surface area contributed by atoms with Crippen LogP contribution in [-0.2, 0) is 33.4 Å². The number of alkyl carbamates (subject to hydrolysis) is 1. The standard InChI is InChI=1S/C21H24N2O4S/c24-20(23-11-13-28(26)14-12-23)19(15-17-7-3-1-4-8-17)22-21(25)27-16-18-9-5-2-6-10-18/h1-10,19H,11-16H2,(H,22,25)/t19-/m0/s1. The van der Waals surface area contributed by atoms with Gasteiger partial charge in [0.05, 0.1) is 0 Å². The summed E-state index contributed by atoms with van der Waals surface area (Å²) in [6.07, 6.45) is -0.251. The highest BCUT2D eigenvalue weighted by atomic mass is 32.2. The van der Waals surface area contributed by atoms with E-state index in [1.165, 1.54) is 0 Å². The lowest BCUT2D eigenvalue weighted by molar-refractivity contribution is -0.133. The van der Waals surface area contributed by atoms with E-state index in [0.29, 0.717) is 31.0 Å². The van der Waals surface area contributed by atoms with Crippen LogP contribution in [-0.4, -0.2) is 51.7 Å². The van der Waals surface area contributed by atoms with Crippen molar-refractivity contribution in [3.05, 3.63) is 71.8 Å². The fraction of sp³-hybridized carbons (Fsp3) is 0.333. The zero-order chi connectivity index (χ0) is 19.8. The van der Waals surface area contributed by atoms with Crippen molar-refractivity contribution >= 4 is 22.8 Å². The predicted octanol–water partition coefficient (Wildman–Crippen LogP) is 2.11. The van der Waals surface area contributed by atoms with Crippen molar-refractivity contribution in [1.82, 2.24) is 10.2 Å². The maximum Gasteiger partial charge on any atom is 0.408 e. The van der Waals surface area contributed by atoms with Crippen molar-refractivity contribution in [1.29, 1.82) is 0 Å². The quantitative estimate of drug-likeness (QED) is 0.806. The van der Waals surface area contributed by atoms with E-state index in [1.807, 2.05) is 60.7 Å². The Kier molecular flexibility index (Phi) is 7.19. The zero-order valence-electron chi connectivity index (χ0n) is 15.6. The summed E-state index contributed by atoms with van der Waals surface area (Å²) < 4.78 is 16.9. The molecule has 148 valence electrons. The maximum atomic E-state index is 13.0. The average Bonchev–Trinajstić information content (AvgIpc) is 2.73. The Bertz CT molecular complexity index is 804. The van der Waals surface area contributed by atoms with Crippen LogP contribution < -0.4 is 5.32 Å². The molecule has 0 aromatic heterocycles. The Balaban J connectivity index is 1.64. The predicted molar refractivity (Wildman–Crippen MR) is 108 cm³/mol. The summed E-state index contributed by atoms with van der Waals surface area (Å²) in [5.41, 5.74) is 1.83. The fourth-order valence-electron chi connectivity index (χ4n) is 3.04. The van der Waals surface area contributed by atoms with Gasteiger partial charge in [-0.25, -0.2) is 4.79 Å². The molecule has 1 N–H and O–H groups in total. The van der Waals surface area contributed by atoms with Gasteiger partial charge in [-0.15, -0.1) is 0 Å². The Morgan fingerprint density at radius 1 is 0.964 bits per heavy atom. The van der Waals surface area contributed by atoms with Gasteiger partial charge in [-0.2, -0.15) is 0 Å². The molecule has 1 saturated heterocycles. The van der Waals surface area contributed by atoms with Crippen LogP contribution in [0, 0.1) is 0 Å². The lowest BCUT2D eigenvalue weighted by Gasteiger charge is -2.30. The van der Waals surface area contributed by atoms with E-state index in [9.17, 15) is 13.8 Å². The van der Waals surface area contributed by atoms with Gasteiger partial charge < -0.3 is 15.0 Å². The van der Waals surface area contributed by atoms with Gasteiger partial charge in [0, 0.05) is 41.8 Å². The first kappa shape index (κ1) is 20.1. The van der Waals surface area contributed by atoms with Crippen LogP contribution in [0.2, 0.25) is 0 Å². The number of benzene rings is 2. The Morgan fingerprint density at radius 2 is 1.54 bits per heavy atom. The number of carbonyl (C=O) groups excluding carboxylic acids is 2. The average molecular weight is 401 g/mol. The summed E-state index contributed by atoms with van der Waals surface area (Å²) in [5.74, 6) is 0.780. The van der Waals surface area contributed by atoms with Crippen LogP contribution in [0.25, 0.3) is 0 Å². The highest BCUT2D eigenvalue weighted by Crippen LogP contribution is 2.10. The van der Waals surface area contributed by atoms with Crippen LogP contribution in [0.1, 0.15) is 11.1 Å². The van der Waals surface area contributed by atoms with Gasteiger partial charge in [-0.3, -0.25) is 9.00 Å². The second-order valence-corrected chi connectivity index (χ2v) is 8.32. The summed E-state index contributed by atoms with van der Waals surface area (Å²) in [6.45, 7) is 1.02. The number of nitrogens with zero attached hydrogens (tertiary/aromatic N) is 1. The van der Waals surface area contributed by atoms with Crippen LogP contribution in [0.15, 0.2) is 60.7 Å². The molecule has 3 rings (SSSR count). The Hall–Kier alpha value is -2.67. The molecule has 1 heterocycles. The summed E-state index contributed by atoms with van der Waals surface area (Å²) in [5, 5.41) is 2.72. The molecule has 28 heavy (non-hydrogen) atoms. The molecule has 0 unspecified atom stereocenters. The molecule has 1 aliphatic rings. The number of hydrogen-bond acceptors (Lipinski definition) is 4. The topological polar surface area (TPSA) is 75.7 Å². The minimum atomic E-state index is -0.870. The number of ether oxygens (including phenoxy) is 1. The second kappa shape index (κ2) is 10.0. The molecule has 1 atom stereocenters. The number of nitrogens with one attached hydrogen (secondary N) is 1. The number of hydrogen-bond donors (Lipinski definition) is 1. The molecule has 0 aliphatic carbocycles. The molecule has 1 aliphatic heterocycles. The first-order valence-corrected chi connectivity index (χ1v) is 10.8. The summed E-state index contributed by atoms with van der Waals surface area (Å²) in [4.78, 5) is 27.0. The largest absolute Gasteiger partial charge is 0.445 e. The van der Waals surface area contributed by atoms with Crippen LogP contribution in [0.4, 0.5) is 4.79 Å². The molecule has 1 fully saturated rings. The van der Waals surface area contributed by atoms with Crippen molar-refractivity contribution in [3.63, 3.8) is 0 Å². The lowest BCUT2D eigenvalue weighted by Crippen LogP contribution is -2.53. The highest BCUT2D eigenvalue weighted by Gasteiger charge is 2.29. The lowest BCUT2D eigenvalue weighted by atomic mass is 10.0. The van der Waals surface area contributed by atoms with Crippen LogP contribution in [0.5, 0.6) is 0 Å². The van der Waals surface area contributed by atoms with Crippen LogP contribution >= 0.6 is 0 Å². The van der Waals surface area contributed by atoms with Gasteiger partial charge in [0.25, 0.3) is 0 Å². The van der Waals surface area contributed by atoms with Crippen molar-refractivity contribution in [2.45, 2.75) is 19.1 Å². The number of rotatable bonds is 6. The van der Waals surface area contributed by atoms with Crippen molar-refractivity contribution in [2.24, 2.45) is 0 Å². The van der Waals surface area contributed by atoms with Gasteiger partial charge >= 0.3 is 6.09 Å². The number of carbonyl (C=O) groups is 2. The van der Waals surface area contributed by atoms with Gasteiger partial charge in [0.2, 0.25) is 5.91 Å². The molecular formula is C21H24N2O4S. The zero-order valence-corrected chi connectivity index (χ0v) is 16.4. The Labute approximate surface area is 167 Å². The Morgan fingerprint density at radius 3 is 2.14 bits per heavy atom. The van der Waals surface area contributed by atoms with Crippen LogP contribution in [0.3, 0.4) is 0 Å². The molecule has 7 heteroatoms. The van der Waals surface area contributed by atoms with Crippen molar-refractivity contribution in [3.8, 4) is 0 Å². The molecule has 0 bridgehead atoms. The third kappa shape index (κ3) is 5.92. The molecule has 0 saturated carbocycles. The number of amides is 2. The summed E-state index contributed by atoms with van der Waals surface area (Å²) in [7, 11) is -0.870. The molecule has 2 amide bonds. The SMILES string of the molecule is O=C(N[C@@H](Cc1ccccc1)C(=O)N1CCS(=O)CC1)OCc1ccccc1. The van der Waals surface area contributed by atoms with E-state index in [1.54, 1.807) is 4.90 Å². The van der Waals surface area contributed by atoms with E-state index in [4.69, 9.17) is 4.74 Å².